The van der Waals surface area contributed by atoms with Gasteiger partial charge in [-0.1, -0.05) is 17.8 Å². The number of thioether (sulfide) groups is 1. The number of carbonyl (C=O) groups is 1. The highest BCUT2D eigenvalue weighted by molar-refractivity contribution is 7.99. The molecule has 1 aromatic carbocycles. The van der Waals surface area contributed by atoms with Crippen molar-refractivity contribution in [3.8, 4) is 17.1 Å². The number of benzene rings is 1. The first-order valence-electron chi connectivity index (χ1n) is 7.99. The van der Waals surface area contributed by atoms with Gasteiger partial charge >= 0.3 is 0 Å². The average molecular weight is 390 g/mol. The summed E-state index contributed by atoms with van der Waals surface area (Å²) in [5.74, 6) is 1.95. The Kier molecular flexibility index (Phi) is 6.43. The molecule has 2 heterocycles. The van der Waals surface area contributed by atoms with Gasteiger partial charge in [-0.2, -0.15) is 0 Å². The highest BCUT2D eigenvalue weighted by atomic mass is 32.2. The zero-order valence-corrected chi connectivity index (χ0v) is 16.2. The molecular weight excluding hydrogens is 370 g/mol. The van der Waals surface area contributed by atoms with E-state index >= 15 is 0 Å². The number of hydrogen-bond acceptors (Lipinski definition) is 7. The summed E-state index contributed by atoms with van der Waals surface area (Å²) in [5, 5.41) is 11.2. The third-order valence-corrected chi connectivity index (χ3v) is 5.59. The minimum atomic E-state index is 0.0947. The Labute approximate surface area is 160 Å². The number of nitrogens with zero attached hydrogens (tertiary/aromatic N) is 3. The summed E-state index contributed by atoms with van der Waals surface area (Å²) in [5.41, 5.74) is 0.936. The summed E-state index contributed by atoms with van der Waals surface area (Å²) in [6.45, 7) is 1.15. The number of carbonyl (C=O) groups excluding carboxylic acids is 1. The molecule has 0 N–H and O–H groups in total. The Morgan fingerprint density at radius 2 is 2.00 bits per heavy atom. The van der Waals surface area contributed by atoms with Crippen molar-refractivity contribution in [2.24, 2.45) is 0 Å². The molecule has 3 rings (SSSR count). The van der Waals surface area contributed by atoms with E-state index in [1.165, 1.54) is 23.1 Å². The minimum Gasteiger partial charge on any atom is -0.497 e. The van der Waals surface area contributed by atoms with Gasteiger partial charge < -0.3 is 9.47 Å². The summed E-state index contributed by atoms with van der Waals surface area (Å²) in [6.07, 6.45) is 0. The quantitative estimate of drug-likeness (QED) is 0.411. The lowest BCUT2D eigenvalue weighted by Crippen LogP contribution is -2.09. The van der Waals surface area contributed by atoms with Crippen LogP contribution in [0.4, 0.5) is 0 Å². The van der Waals surface area contributed by atoms with Gasteiger partial charge in [-0.05, 0) is 35.7 Å². The summed E-state index contributed by atoms with van der Waals surface area (Å²) in [4.78, 5) is 13.0. The van der Waals surface area contributed by atoms with Crippen LogP contribution >= 0.6 is 23.1 Å². The molecule has 0 unspecified atom stereocenters. The monoisotopic (exact) mass is 389 g/mol. The lowest BCUT2D eigenvalue weighted by Gasteiger charge is -2.10. The molecule has 26 heavy (non-hydrogen) atoms. The topological polar surface area (TPSA) is 66.2 Å². The molecule has 0 amide bonds. The highest BCUT2D eigenvalue weighted by Crippen LogP contribution is 2.26. The fourth-order valence-corrected chi connectivity index (χ4v) is 3.98. The summed E-state index contributed by atoms with van der Waals surface area (Å²) >= 11 is 2.85. The van der Waals surface area contributed by atoms with Crippen LogP contribution in [0.5, 0.6) is 5.75 Å². The van der Waals surface area contributed by atoms with Crippen molar-refractivity contribution in [2.75, 3.05) is 26.6 Å². The third-order valence-electron chi connectivity index (χ3n) is 3.71. The van der Waals surface area contributed by atoms with Crippen LogP contribution in [0.15, 0.2) is 46.9 Å². The average Bonchev–Trinajstić information content (AvgIpc) is 3.34. The number of thiophene rings is 1. The number of rotatable bonds is 9. The molecule has 2 aromatic heterocycles. The Hall–Kier alpha value is -2.16. The van der Waals surface area contributed by atoms with Gasteiger partial charge in [-0.15, -0.1) is 21.5 Å². The number of methoxy groups -OCH3 is 2. The molecule has 0 saturated carbocycles. The zero-order chi connectivity index (χ0) is 18.4. The maximum absolute atomic E-state index is 12.2. The van der Waals surface area contributed by atoms with Crippen molar-refractivity contribution in [3.05, 3.63) is 46.7 Å². The van der Waals surface area contributed by atoms with Gasteiger partial charge in [-0.25, -0.2) is 0 Å². The van der Waals surface area contributed by atoms with E-state index in [9.17, 15) is 4.79 Å². The molecule has 0 bridgehead atoms. The smallest absolute Gasteiger partial charge is 0.192 e. The van der Waals surface area contributed by atoms with Crippen LogP contribution in [0.25, 0.3) is 11.4 Å². The van der Waals surface area contributed by atoms with Crippen LogP contribution in [0, 0.1) is 0 Å². The van der Waals surface area contributed by atoms with Gasteiger partial charge in [-0.3, -0.25) is 9.36 Å². The van der Waals surface area contributed by atoms with E-state index in [1.807, 2.05) is 46.3 Å². The number of ketones is 1. The van der Waals surface area contributed by atoms with Crippen molar-refractivity contribution in [1.82, 2.24) is 14.8 Å². The molecule has 0 saturated heterocycles. The predicted octanol–water partition coefficient (Wildman–Crippen LogP) is 3.64. The van der Waals surface area contributed by atoms with Crippen LogP contribution in [0.3, 0.4) is 0 Å². The summed E-state index contributed by atoms with van der Waals surface area (Å²) < 4.78 is 12.4. The second-order valence-corrected chi connectivity index (χ2v) is 7.26. The van der Waals surface area contributed by atoms with Crippen molar-refractivity contribution >= 4 is 28.9 Å². The maximum Gasteiger partial charge on any atom is 0.192 e. The molecular formula is C18H19N3O3S2. The van der Waals surface area contributed by atoms with Gasteiger partial charge in [0.1, 0.15) is 5.75 Å². The molecule has 3 aromatic rings. The minimum absolute atomic E-state index is 0.0947. The molecule has 8 heteroatoms. The maximum atomic E-state index is 12.2. The standard InChI is InChI=1S/C18H19N3O3S2/c1-23-10-9-21-17(13-5-7-14(24-2)8-6-13)19-20-18(21)26-12-15(22)16-4-3-11-25-16/h3-8,11H,9-10,12H2,1-2H3. The first kappa shape index (κ1) is 18.6. The highest BCUT2D eigenvalue weighted by Gasteiger charge is 2.16. The van der Waals surface area contributed by atoms with E-state index in [1.54, 1.807) is 14.2 Å². The summed E-state index contributed by atoms with van der Waals surface area (Å²) in [6, 6.07) is 11.4. The van der Waals surface area contributed by atoms with Gasteiger partial charge in [0.15, 0.2) is 16.8 Å². The predicted molar refractivity (Wildman–Crippen MR) is 103 cm³/mol. The first-order valence-corrected chi connectivity index (χ1v) is 9.85. The fraction of sp³-hybridized carbons (Fsp3) is 0.278. The second-order valence-electron chi connectivity index (χ2n) is 5.37. The molecule has 0 aliphatic heterocycles. The lowest BCUT2D eigenvalue weighted by molar-refractivity contribution is 0.102. The van der Waals surface area contributed by atoms with Gasteiger partial charge in [0.25, 0.3) is 0 Å². The molecule has 0 aliphatic carbocycles. The number of ether oxygens (including phenoxy) is 2. The van der Waals surface area contributed by atoms with Crippen LogP contribution in [-0.2, 0) is 11.3 Å². The van der Waals surface area contributed by atoms with Crippen molar-refractivity contribution in [1.29, 1.82) is 0 Å². The van der Waals surface area contributed by atoms with E-state index in [0.717, 1.165) is 22.0 Å². The van der Waals surface area contributed by atoms with Gasteiger partial charge in [0.2, 0.25) is 0 Å². The molecule has 0 radical (unpaired) electrons. The molecule has 0 fully saturated rings. The first-order chi connectivity index (χ1) is 12.7. The lowest BCUT2D eigenvalue weighted by atomic mass is 10.2. The van der Waals surface area contributed by atoms with Crippen LogP contribution in [0.2, 0.25) is 0 Å². The third kappa shape index (κ3) is 4.32. The van der Waals surface area contributed by atoms with Crippen molar-refractivity contribution in [2.45, 2.75) is 11.7 Å². The molecule has 6 nitrogen and oxygen atoms in total. The number of hydrogen-bond donors (Lipinski definition) is 0. The van der Waals surface area contributed by atoms with Crippen LogP contribution < -0.4 is 4.74 Å². The number of Topliss-reactive ketones (excluding diaryl/α,β-unsaturated/α-hetero) is 1. The van der Waals surface area contributed by atoms with E-state index in [0.29, 0.717) is 24.1 Å². The zero-order valence-electron chi connectivity index (χ0n) is 14.5. The molecule has 0 spiro atoms. The Morgan fingerprint density at radius 1 is 1.19 bits per heavy atom. The summed E-state index contributed by atoms with van der Waals surface area (Å²) in [7, 11) is 3.29. The SMILES string of the molecule is COCCn1c(SCC(=O)c2cccs2)nnc1-c1ccc(OC)cc1. The normalized spacial score (nSPS) is 10.8. The molecule has 136 valence electrons. The van der Waals surface area contributed by atoms with E-state index in [-0.39, 0.29) is 5.78 Å². The Bertz CT molecular complexity index is 845. The number of aromatic nitrogens is 3. The fourth-order valence-electron chi connectivity index (χ4n) is 2.37. The van der Waals surface area contributed by atoms with E-state index in [4.69, 9.17) is 9.47 Å². The van der Waals surface area contributed by atoms with Crippen molar-refractivity contribution < 1.29 is 14.3 Å². The van der Waals surface area contributed by atoms with Crippen LogP contribution in [0.1, 0.15) is 9.67 Å². The molecule has 0 atom stereocenters. The van der Waals surface area contributed by atoms with Crippen LogP contribution in [-0.4, -0.2) is 47.1 Å². The van der Waals surface area contributed by atoms with Gasteiger partial charge in [0.05, 0.1) is 30.9 Å². The van der Waals surface area contributed by atoms with Gasteiger partial charge in [0, 0.05) is 12.7 Å². The second kappa shape index (κ2) is 8.98. The Balaban J connectivity index is 1.80. The van der Waals surface area contributed by atoms with Crippen molar-refractivity contribution in [3.63, 3.8) is 0 Å². The molecule has 0 aliphatic rings. The van der Waals surface area contributed by atoms with E-state index in [2.05, 4.69) is 10.2 Å². The Morgan fingerprint density at radius 3 is 2.65 bits per heavy atom. The largest absolute Gasteiger partial charge is 0.497 e. The van der Waals surface area contributed by atoms with E-state index < -0.39 is 0 Å².